The molecule has 14 heavy (non-hydrogen) atoms. The molecule has 0 aliphatic heterocycles. The third kappa shape index (κ3) is 1.89. The van der Waals surface area contributed by atoms with Gasteiger partial charge in [-0.2, -0.15) is 0 Å². The quantitative estimate of drug-likeness (QED) is 0.650. The van der Waals surface area contributed by atoms with Gasteiger partial charge in [-0.05, 0) is 25.7 Å². The van der Waals surface area contributed by atoms with Crippen molar-refractivity contribution in [3.8, 4) is 0 Å². The second-order valence-corrected chi connectivity index (χ2v) is 4.21. The number of carbonyl (C=O) groups is 2. The minimum atomic E-state index is -0.293. The summed E-state index contributed by atoms with van der Waals surface area (Å²) >= 11 is 0. The Hall–Kier alpha value is -0.660. The highest BCUT2D eigenvalue weighted by Gasteiger charge is 2.39. The number of hydrogen-bond acceptors (Lipinski definition) is 2. The minimum absolute atomic E-state index is 0.141. The Morgan fingerprint density at radius 3 is 1.64 bits per heavy atom. The zero-order valence-electron chi connectivity index (χ0n) is 9.38. The van der Waals surface area contributed by atoms with Gasteiger partial charge in [0.1, 0.15) is 11.6 Å². The molecule has 2 heteroatoms. The van der Waals surface area contributed by atoms with E-state index in [0.29, 0.717) is 6.42 Å². The molecule has 0 radical (unpaired) electrons. The summed E-state index contributed by atoms with van der Waals surface area (Å²) in [5.41, 5.74) is 0. The van der Waals surface area contributed by atoms with Crippen molar-refractivity contribution in [3.63, 3.8) is 0 Å². The highest BCUT2D eigenvalue weighted by Crippen LogP contribution is 2.32. The van der Waals surface area contributed by atoms with E-state index in [2.05, 4.69) is 0 Å². The van der Waals surface area contributed by atoms with Crippen LogP contribution in [-0.2, 0) is 9.59 Å². The molecular weight excluding hydrogens is 176 g/mol. The first-order chi connectivity index (χ1) is 6.65. The van der Waals surface area contributed by atoms with Crippen molar-refractivity contribution in [1.29, 1.82) is 0 Å². The van der Waals surface area contributed by atoms with E-state index in [1.165, 1.54) is 0 Å². The number of ketones is 2. The van der Waals surface area contributed by atoms with Crippen LogP contribution in [0.4, 0.5) is 0 Å². The zero-order valence-corrected chi connectivity index (χ0v) is 9.38. The monoisotopic (exact) mass is 196 g/mol. The van der Waals surface area contributed by atoms with Gasteiger partial charge in [-0.1, -0.05) is 20.8 Å². The molecule has 0 saturated heterocycles. The molecule has 0 aromatic carbocycles. The van der Waals surface area contributed by atoms with Crippen LogP contribution < -0.4 is 0 Å². The number of carbonyl (C=O) groups excluding carboxylic acids is 2. The minimum Gasteiger partial charge on any atom is -0.299 e. The van der Waals surface area contributed by atoms with Crippen LogP contribution in [0.15, 0.2) is 0 Å². The topological polar surface area (TPSA) is 34.1 Å². The van der Waals surface area contributed by atoms with Gasteiger partial charge in [0.15, 0.2) is 0 Å². The van der Waals surface area contributed by atoms with Gasteiger partial charge in [0, 0.05) is 11.8 Å². The smallest absolute Gasteiger partial charge is 0.146 e. The molecule has 80 valence electrons. The highest BCUT2D eigenvalue weighted by molar-refractivity contribution is 6.06. The molecule has 1 aliphatic rings. The molecule has 2 atom stereocenters. The van der Waals surface area contributed by atoms with Crippen LogP contribution >= 0.6 is 0 Å². The van der Waals surface area contributed by atoms with Crippen LogP contribution in [-0.4, -0.2) is 11.6 Å². The number of hydrogen-bond donors (Lipinski definition) is 0. The molecule has 0 amide bonds. The fourth-order valence-corrected chi connectivity index (χ4v) is 2.42. The van der Waals surface area contributed by atoms with Gasteiger partial charge in [0.05, 0.1) is 5.92 Å². The van der Waals surface area contributed by atoms with Gasteiger partial charge < -0.3 is 0 Å². The summed E-state index contributed by atoms with van der Waals surface area (Å²) in [5.74, 6) is 0.387. The molecule has 2 unspecified atom stereocenters. The highest BCUT2D eigenvalue weighted by atomic mass is 16.2. The summed E-state index contributed by atoms with van der Waals surface area (Å²) in [6, 6.07) is 0. The van der Waals surface area contributed by atoms with Gasteiger partial charge in [-0.25, -0.2) is 0 Å². The zero-order chi connectivity index (χ0) is 10.7. The summed E-state index contributed by atoms with van der Waals surface area (Å²) in [4.78, 5) is 23.7. The maximum Gasteiger partial charge on any atom is 0.146 e. The van der Waals surface area contributed by atoms with E-state index in [1.807, 2.05) is 20.8 Å². The van der Waals surface area contributed by atoms with Crippen molar-refractivity contribution in [3.05, 3.63) is 0 Å². The lowest BCUT2D eigenvalue weighted by atomic mass is 9.70. The molecule has 1 aliphatic carbocycles. The van der Waals surface area contributed by atoms with Crippen molar-refractivity contribution in [2.45, 2.75) is 46.5 Å². The van der Waals surface area contributed by atoms with Gasteiger partial charge in [0.25, 0.3) is 0 Å². The molecule has 0 aromatic rings. The van der Waals surface area contributed by atoms with E-state index in [0.717, 1.165) is 19.3 Å². The standard InChI is InChI=1S/C12H20O2/c1-4-8-7-9(5-2)12(14)10(6-3)11(8)13/h8-10H,4-7H2,1-3H3. The van der Waals surface area contributed by atoms with E-state index in [9.17, 15) is 9.59 Å². The second-order valence-electron chi connectivity index (χ2n) is 4.21. The number of Topliss-reactive ketones (excluding diaryl/α,β-unsaturated/α-hetero) is 2. The number of rotatable bonds is 3. The lowest BCUT2D eigenvalue weighted by Crippen LogP contribution is -2.40. The maximum absolute atomic E-state index is 11.8. The van der Waals surface area contributed by atoms with Crippen molar-refractivity contribution in [1.82, 2.24) is 0 Å². The van der Waals surface area contributed by atoms with Crippen molar-refractivity contribution in [2.75, 3.05) is 0 Å². The normalized spacial score (nSPS) is 33.5. The lowest BCUT2D eigenvalue weighted by molar-refractivity contribution is -0.142. The van der Waals surface area contributed by atoms with Gasteiger partial charge >= 0.3 is 0 Å². The van der Waals surface area contributed by atoms with Crippen LogP contribution in [0.3, 0.4) is 0 Å². The van der Waals surface area contributed by atoms with E-state index in [-0.39, 0.29) is 29.3 Å². The summed E-state index contributed by atoms with van der Waals surface area (Å²) in [6.07, 6.45) is 3.25. The molecular formula is C12H20O2. The molecule has 1 rings (SSSR count). The van der Waals surface area contributed by atoms with Gasteiger partial charge in [-0.15, -0.1) is 0 Å². The maximum atomic E-state index is 11.8. The Morgan fingerprint density at radius 1 is 0.929 bits per heavy atom. The third-order valence-corrected chi connectivity index (χ3v) is 3.45. The fourth-order valence-electron chi connectivity index (χ4n) is 2.42. The van der Waals surface area contributed by atoms with Crippen molar-refractivity contribution in [2.24, 2.45) is 17.8 Å². The molecule has 0 heterocycles. The van der Waals surface area contributed by atoms with E-state index in [1.54, 1.807) is 0 Å². The van der Waals surface area contributed by atoms with Gasteiger partial charge in [0.2, 0.25) is 0 Å². The largest absolute Gasteiger partial charge is 0.299 e. The Labute approximate surface area is 86.1 Å². The lowest BCUT2D eigenvalue weighted by Gasteiger charge is -2.31. The molecule has 1 saturated carbocycles. The van der Waals surface area contributed by atoms with Crippen molar-refractivity contribution < 1.29 is 9.59 Å². The summed E-state index contributed by atoms with van der Waals surface area (Å²) in [5, 5.41) is 0. The van der Waals surface area contributed by atoms with E-state index >= 15 is 0 Å². The van der Waals surface area contributed by atoms with Crippen molar-refractivity contribution >= 4 is 11.6 Å². The Kier molecular flexibility index (Phi) is 3.85. The molecule has 0 spiro atoms. The van der Waals surface area contributed by atoms with Gasteiger partial charge in [-0.3, -0.25) is 9.59 Å². The Morgan fingerprint density at radius 2 is 1.36 bits per heavy atom. The van der Waals surface area contributed by atoms with Crippen LogP contribution in [0.1, 0.15) is 46.5 Å². The molecule has 1 fully saturated rings. The van der Waals surface area contributed by atoms with Crippen LogP contribution in [0.5, 0.6) is 0 Å². The predicted octanol–water partition coefficient (Wildman–Crippen LogP) is 2.61. The summed E-state index contributed by atoms with van der Waals surface area (Å²) in [6.45, 7) is 6.01. The molecule has 2 nitrogen and oxygen atoms in total. The Bertz CT molecular complexity index is 210. The first kappa shape index (κ1) is 11.4. The van der Waals surface area contributed by atoms with Crippen LogP contribution in [0.2, 0.25) is 0 Å². The SMILES string of the molecule is CCC1CC(CC)C(=O)C(CC)C1=O. The average molecular weight is 196 g/mol. The van der Waals surface area contributed by atoms with Crippen LogP contribution in [0.25, 0.3) is 0 Å². The average Bonchev–Trinajstić information content (AvgIpc) is 2.19. The third-order valence-electron chi connectivity index (χ3n) is 3.45. The second kappa shape index (κ2) is 4.72. The van der Waals surface area contributed by atoms with E-state index < -0.39 is 0 Å². The summed E-state index contributed by atoms with van der Waals surface area (Å²) in [7, 11) is 0. The fraction of sp³-hybridized carbons (Fsp3) is 0.833. The molecule has 0 N–H and O–H groups in total. The Balaban J connectivity index is 2.83. The first-order valence-electron chi connectivity index (χ1n) is 5.73. The first-order valence-corrected chi connectivity index (χ1v) is 5.73. The molecule has 0 bridgehead atoms. The molecule has 0 aromatic heterocycles. The summed E-state index contributed by atoms with van der Waals surface area (Å²) < 4.78 is 0. The van der Waals surface area contributed by atoms with Crippen LogP contribution in [0, 0.1) is 17.8 Å². The predicted molar refractivity (Wildman–Crippen MR) is 56.0 cm³/mol. The van der Waals surface area contributed by atoms with E-state index in [4.69, 9.17) is 0 Å².